The van der Waals surface area contributed by atoms with Crippen LogP contribution in [0.25, 0.3) is 10.9 Å². The van der Waals surface area contributed by atoms with Crippen molar-refractivity contribution < 1.29 is 14.3 Å². The lowest BCUT2D eigenvalue weighted by Crippen LogP contribution is -2.32. The maximum atomic E-state index is 12.9. The number of hydrogen-bond acceptors (Lipinski definition) is 5. The molecule has 0 spiro atoms. The number of para-hydroxylation sites is 1. The lowest BCUT2D eigenvalue weighted by atomic mass is 9.99. The third-order valence-electron chi connectivity index (χ3n) is 5.11. The molecule has 32 heavy (non-hydrogen) atoms. The number of carbonyl (C=O) groups excluding carboxylic acids is 1. The van der Waals surface area contributed by atoms with E-state index in [-0.39, 0.29) is 11.4 Å². The average Bonchev–Trinajstić information content (AvgIpc) is 3.13. The van der Waals surface area contributed by atoms with Gasteiger partial charge < -0.3 is 19.0 Å². The van der Waals surface area contributed by atoms with Crippen LogP contribution in [0.5, 0.6) is 5.75 Å². The summed E-state index contributed by atoms with van der Waals surface area (Å²) in [6.45, 7) is 11.8. The Morgan fingerprint density at radius 3 is 2.53 bits per heavy atom. The van der Waals surface area contributed by atoms with Crippen LogP contribution in [-0.4, -0.2) is 32.7 Å². The van der Waals surface area contributed by atoms with E-state index in [1.54, 1.807) is 20.8 Å². The molecule has 0 aliphatic carbocycles. The molecule has 0 saturated carbocycles. The van der Waals surface area contributed by atoms with Gasteiger partial charge in [0.1, 0.15) is 11.4 Å². The van der Waals surface area contributed by atoms with Crippen molar-refractivity contribution in [2.24, 2.45) is 0 Å². The van der Waals surface area contributed by atoms with E-state index >= 15 is 0 Å². The zero-order valence-electron chi connectivity index (χ0n) is 19.8. The van der Waals surface area contributed by atoms with Crippen LogP contribution in [-0.2, 0) is 16.7 Å². The van der Waals surface area contributed by atoms with Gasteiger partial charge in [-0.1, -0.05) is 31.5 Å². The van der Waals surface area contributed by atoms with Gasteiger partial charge in [-0.05, 0) is 58.6 Å². The quantitative estimate of drug-likeness (QED) is 0.401. The Kier molecular flexibility index (Phi) is 6.77. The zero-order valence-corrected chi connectivity index (χ0v) is 19.8. The number of rotatable bonds is 8. The first-order valence-corrected chi connectivity index (χ1v) is 11.1. The molecule has 0 unspecified atom stereocenters. The number of aromatic nitrogens is 3. The molecule has 0 radical (unpaired) electrons. The summed E-state index contributed by atoms with van der Waals surface area (Å²) in [5.41, 5.74) is -0.588. The molecule has 1 N–H and O–H groups in total. The Labute approximate surface area is 188 Å². The largest absolute Gasteiger partial charge is 0.486 e. The fourth-order valence-corrected chi connectivity index (χ4v) is 3.62. The first kappa shape index (κ1) is 23.6. The minimum Gasteiger partial charge on any atom is -0.486 e. The Morgan fingerprint density at radius 1 is 1.12 bits per heavy atom. The molecule has 2 heterocycles. The highest BCUT2D eigenvalue weighted by atomic mass is 16.6. The maximum absolute atomic E-state index is 12.9. The monoisotopic (exact) mass is 439 g/mol. The summed E-state index contributed by atoms with van der Waals surface area (Å²) >= 11 is 0. The van der Waals surface area contributed by atoms with E-state index in [2.05, 4.69) is 46.6 Å². The van der Waals surface area contributed by atoms with Crippen molar-refractivity contribution in [3.63, 3.8) is 0 Å². The number of unbranched alkanes of at least 4 members (excludes halogenated alkanes) is 1. The fraction of sp³-hybridized carbons (Fsp3) is 0.480. The van der Waals surface area contributed by atoms with Gasteiger partial charge in [-0.25, -0.2) is 9.78 Å². The van der Waals surface area contributed by atoms with E-state index < -0.39 is 22.7 Å². The summed E-state index contributed by atoms with van der Waals surface area (Å²) in [4.78, 5) is 33.1. The van der Waals surface area contributed by atoms with Crippen LogP contribution >= 0.6 is 0 Å². The van der Waals surface area contributed by atoms with Crippen LogP contribution < -0.4 is 10.3 Å². The maximum Gasteiger partial charge on any atom is 0.361 e. The molecule has 0 atom stereocenters. The molecule has 0 saturated heterocycles. The summed E-state index contributed by atoms with van der Waals surface area (Å²) in [6, 6.07) is 10.2. The number of carbonyl (C=O) groups is 1. The molecule has 0 amide bonds. The Hall–Kier alpha value is -3.09. The van der Waals surface area contributed by atoms with E-state index in [9.17, 15) is 9.59 Å². The number of benzene rings is 1. The predicted molar refractivity (Wildman–Crippen MR) is 125 cm³/mol. The highest BCUT2D eigenvalue weighted by molar-refractivity contribution is 5.90. The van der Waals surface area contributed by atoms with Gasteiger partial charge in [0.15, 0.2) is 5.69 Å². The van der Waals surface area contributed by atoms with Gasteiger partial charge >= 0.3 is 5.97 Å². The molecule has 1 aromatic carbocycles. The summed E-state index contributed by atoms with van der Waals surface area (Å²) in [6.07, 6.45) is 4.11. The molecule has 0 aliphatic heterocycles. The fourth-order valence-electron chi connectivity index (χ4n) is 3.62. The van der Waals surface area contributed by atoms with Crippen molar-refractivity contribution in [1.82, 2.24) is 14.5 Å². The van der Waals surface area contributed by atoms with Gasteiger partial charge in [0.05, 0.1) is 6.61 Å². The van der Waals surface area contributed by atoms with Crippen LogP contribution in [0.1, 0.15) is 70.7 Å². The van der Waals surface area contributed by atoms with Crippen molar-refractivity contribution in [3.05, 3.63) is 58.4 Å². The SMILES string of the molecule is CCCCOc1c(C(=O)OC(C)(C)C)nc(CC(C)(C)n2ccc3ccccc32)[nH]c1=O. The molecular weight excluding hydrogens is 406 g/mol. The minimum atomic E-state index is -0.717. The Morgan fingerprint density at radius 2 is 1.84 bits per heavy atom. The summed E-state index contributed by atoms with van der Waals surface area (Å²) in [7, 11) is 0. The lowest BCUT2D eigenvalue weighted by Gasteiger charge is -2.28. The zero-order chi connectivity index (χ0) is 23.5. The predicted octanol–water partition coefficient (Wildman–Crippen LogP) is 4.84. The standard InChI is InChI=1S/C25H33N3O4/c1-7-8-15-31-21-20(23(30)32-24(2,3)4)26-19(27-22(21)29)16-25(5,6)28-14-13-17-11-9-10-12-18(17)28/h9-14H,7-8,15-16H2,1-6H3,(H,26,27,29). The van der Waals surface area contributed by atoms with Crippen molar-refractivity contribution >= 4 is 16.9 Å². The van der Waals surface area contributed by atoms with Crippen LogP contribution in [0.15, 0.2) is 41.3 Å². The van der Waals surface area contributed by atoms with Crippen LogP contribution in [0.3, 0.4) is 0 Å². The van der Waals surface area contributed by atoms with Gasteiger partial charge in [0.2, 0.25) is 5.75 Å². The van der Waals surface area contributed by atoms with Crippen LogP contribution in [0.2, 0.25) is 0 Å². The van der Waals surface area contributed by atoms with Crippen molar-refractivity contribution in [3.8, 4) is 5.75 Å². The average molecular weight is 440 g/mol. The number of nitrogens with one attached hydrogen (secondary N) is 1. The molecule has 0 aliphatic rings. The minimum absolute atomic E-state index is 0.0806. The summed E-state index contributed by atoms with van der Waals surface area (Å²) in [5, 5.41) is 1.14. The van der Waals surface area contributed by atoms with Crippen molar-refractivity contribution in [2.45, 2.75) is 71.9 Å². The van der Waals surface area contributed by atoms with E-state index in [4.69, 9.17) is 9.47 Å². The van der Waals surface area contributed by atoms with Crippen LogP contribution in [0.4, 0.5) is 0 Å². The second-order valence-electron chi connectivity index (χ2n) is 9.63. The highest BCUT2D eigenvalue weighted by Crippen LogP contribution is 2.27. The summed E-state index contributed by atoms with van der Waals surface area (Å²) in [5.74, 6) is -0.345. The van der Waals surface area contributed by atoms with E-state index in [0.29, 0.717) is 18.9 Å². The third kappa shape index (κ3) is 5.39. The number of H-pyrrole nitrogens is 1. The molecule has 0 fully saturated rings. The molecule has 172 valence electrons. The lowest BCUT2D eigenvalue weighted by molar-refractivity contribution is 0.00574. The smallest absolute Gasteiger partial charge is 0.361 e. The normalized spacial score (nSPS) is 12.2. The molecule has 7 heteroatoms. The molecule has 2 aromatic heterocycles. The topological polar surface area (TPSA) is 86.2 Å². The van der Waals surface area contributed by atoms with Gasteiger partial charge in [0, 0.05) is 23.7 Å². The molecule has 7 nitrogen and oxygen atoms in total. The number of fused-ring (bicyclic) bond motifs is 1. The summed E-state index contributed by atoms with van der Waals surface area (Å²) < 4.78 is 13.3. The molecule has 3 rings (SSSR count). The first-order valence-electron chi connectivity index (χ1n) is 11.1. The van der Waals surface area contributed by atoms with E-state index in [1.807, 2.05) is 25.3 Å². The van der Waals surface area contributed by atoms with E-state index in [1.165, 1.54) is 0 Å². The number of ether oxygens (including phenoxy) is 2. The van der Waals surface area contributed by atoms with Gasteiger partial charge in [-0.3, -0.25) is 4.79 Å². The van der Waals surface area contributed by atoms with Gasteiger partial charge in [-0.2, -0.15) is 0 Å². The van der Waals surface area contributed by atoms with Crippen molar-refractivity contribution in [1.29, 1.82) is 0 Å². The second kappa shape index (κ2) is 9.18. The van der Waals surface area contributed by atoms with Crippen molar-refractivity contribution in [2.75, 3.05) is 6.61 Å². The second-order valence-corrected chi connectivity index (χ2v) is 9.63. The first-order chi connectivity index (χ1) is 15.0. The number of esters is 1. The number of nitrogens with zero attached hydrogens (tertiary/aromatic N) is 2. The number of hydrogen-bond donors (Lipinski definition) is 1. The van der Waals surface area contributed by atoms with Gasteiger partial charge in [-0.15, -0.1) is 0 Å². The van der Waals surface area contributed by atoms with Crippen LogP contribution in [0, 0.1) is 0 Å². The van der Waals surface area contributed by atoms with Gasteiger partial charge in [0.25, 0.3) is 5.56 Å². The van der Waals surface area contributed by atoms with E-state index in [0.717, 1.165) is 23.7 Å². The molecule has 0 bridgehead atoms. The third-order valence-corrected chi connectivity index (χ3v) is 5.11. The Bertz CT molecular complexity index is 1150. The number of aromatic amines is 1. The highest BCUT2D eigenvalue weighted by Gasteiger charge is 2.28. The molecule has 3 aromatic rings. The molecular formula is C25H33N3O4. The Balaban J connectivity index is 1.99.